The minimum atomic E-state index is -2.97. The molecule has 0 saturated heterocycles. The molecule has 0 aliphatic heterocycles. The zero-order valence-corrected chi connectivity index (χ0v) is 21.6. The Morgan fingerprint density at radius 1 is 1.47 bits per heavy atom. The summed E-state index contributed by atoms with van der Waals surface area (Å²) >= 11 is 3.37. The molecule has 1 amide bonds. The number of carbonyl (C=O) groups excluding carboxylic acids is 1. The molecule has 1 unspecified atom stereocenters. The van der Waals surface area contributed by atoms with Gasteiger partial charge < -0.3 is 26.2 Å². The van der Waals surface area contributed by atoms with Crippen LogP contribution in [0.25, 0.3) is 0 Å². The molecule has 9 nitrogen and oxygen atoms in total. The smallest absolute Gasteiger partial charge is 0.442 e. The Morgan fingerprint density at radius 2 is 2.09 bits per heavy atom. The van der Waals surface area contributed by atoms with Crippen LogP contribution in [0.15, 0.2) is 55.4 Å². The van der Waals surface area contributed by atoms with E-state index in [4.69, 9.17) is 10.5 Å². The summed E-state index contributed by atoms with van der Waals surface area (Å²) in [5, 5.41) is 16.3. The number of nitrogens with two attached hydrogens (primary N) is 1. The minimum Gasteiger partial charge on any atom is -0.448 e. The van der Waals surface area contributed by atoms with Crippen LogP contribution in [-0.2, 0) is 14.5 Å². The van der Waals surface area contributed by atoms with E-state index in [0.29, 0.717) is 26.4 Å². The van der Waals surface area contributed by atoms with Crippen LogP contribution in [0.4, 0.5) is 10.5 Å². The highest BCUT2D eigenvalue weighted by molar-refractivity contribution is 9.11. The lowest BCUT2D eigenvalue weighted by Crippen LogP contribution is -2.44. The van der Waals surface area contributed by atoms with Crippen LogP contribution in [0.2, 0.25) is 0 Å². The van der Waals surface area contributed by atoms with Crippen LogP contribution < -0.4 is 16.4 Å². The molecule has 0 aliphatic carbocycles. The molecule has 1 rings (SSSR count). The first-order chi connectivity index (χ1) is 14.7. The molecule has 0 radical (unpaired) electrons. The van der Waals surface area contributed by atoms with Gasteiger partial charge in [0, 0.05) is 11.9 Å². The van der Waals surface area contributed by atoms with Crippen LogP contribution in [0.3, 0.4) is 0 Å². The van der Waals surface area contributed by atoms with Crippen molar-refractivity contribution in [1.82, 2.24) is 5.32 Å². The van der Waals surface area contributed by atoms with Gasteiger partial charge in [-0.2, -0.15) is 4.99 Å². The van der Waals surface area contributed by atoms with Gasteiger partial charge in [-0.15, -0.1) is 4.36 Å². The number of anilines is 1. The number of ether oxygens (including phenoxy) is 1. The first kappa shape index (κ1) is 27.7. The molecule has 1 aromatic rings. The lowest BCUT2D eigenvalue weighted by atomic mass is 10.0. The van der Waals surface area contributed by atoms with Crippen LogP contribution in [0.1, 0.15) is 33.3 Å². The van der Waals surface area contributed by atoms with Gasteiger partial charge >= 0.3 is 6.09 Å². The van der Waals surface area contributed by atoms with E-state index in [0.717, 1.165) is 0 Å². The number of hydrogen-bond acceptors (Lipinski definition) is 6. The van der Waals surface area contributed by atoms with Crippen molar-refractivity contribution < 1.29 is 18.8 Å². The van der Waals surface area contributed by atoms with E-state index in [1.54, 1.807) is 52.0 Å². The highest BCUT2D eigenvalue weighted by atomic mass is 79.9. The maximum absolute atomic E-state index is 12.9. The summed E-state index contributed by atoms with van der Waals surface area (Å²) in [6, 6.07) is 4.67. The number of amides is 1. The predicted molar refractivity (Wildman–Crippen MR) is 133 cm³/mol. The molecule has 0 heterocycles. The van der Waals surface area contributed by atoms with E-state index in [9.17, 15) is 14.1 Å². The zero-order chi connectivity index (χ0) is 24.7. The summed E-state index contributed by atoms with van der Waals surface area (Å²) in [5.41, 5.74) is 6.33. The molecule has 2 atom stereocenters. The number of nitrogens with zero attached hydrogens (tertiary/aromatic N) is 2. The van der Waals surface area contributed by atoms with E-state index in [2.05, 4.69) is 42.5 Å². The quantitative estimate of drug-likeness (QED) is 0.228. The number of benzene rings is 1. The molecule has 0 spiro atoms. The average Bonchev–Trinajstić information content (AvgIpc) is 2.65. The SMILES string of the molecule is C=C/C(Br)=C(\N=C(/N)Nc1ccc(S(C)(=O)=NC(=O)OCC)c(C)c1)N[C@H](C)C(C)(C)O. The molecule has 0 aliphatic rings. The Bertz CT molecular complexity index is 1040. The van der Waals surface area contributed by atoms with E-state index in [1.807, 2.05) is 6.92 Å². The summed E-state index contributed by atoms with van der Waals surface area (Å²) in [6.07, 6.45) is 2.08. The Hall–Kier alpha value is -2.37. The Kier molecular flexibility index (Phi) is 9.93. The fourth-order valence-electron chi connectivity index (χ4n) is 2.42. The van der Waals surface area contributed by atoms with Crippen molar-refractivity contribution in [2.75, 3.05) is 18.2 Å². The molecule has 178 valence electrons. The van der Waals surface area contributed by atoms with E-state index in [1.165, 1.54) is 6.26 Å². The first-order valence-electron chi connectivity index (χ1n) is 9.83. The van der Waals surface area contributed by atoms with Gasteiger partial charge in [0.05, 0.1) is 37.4 Å². The molecular weight excluding hydrogens is 498 g/mol. The second-order valence-electron chi connectivity index (χ2n) is 7.62. The van der Waals surface area contributed by atoms with Gasteiger partial charge in [-0.3, -0.25) is 0 Å². The topological polar surface area (TPSA) is 138 Å². The third kappa shape index (κ3) is 8.29. The van der Waals surface area contributed by atoms with Crippen molar-refractivity contribution in [2.24, 2.45) is 15.1 Å². The number of aryl methyl sites for hydroxylation is 1. The molecule has 11 heteroatoms. The summed E-state index contributed by atoms with van der Waals surface area (Å²) in [4.78, 5) is 16.4. The largest absolute Gasteiger partial charge is 0.448 e. The fraction of sp³-hybridized carbons (Fsp3) is 0.429. The summed E-state index contributed by atoms with van der Waals surface area (Å²) < 4.78 is 21.9. The standard InChI is InChI=1S/C21H32BrN5O4S/c1-8-16(22)18(24-14(4)21(5,6)29)26-19(23)25-15-10-11-17(13(3)12-15)32(7,30)27-20(28)31-9-2/h8,10-12,14,24,29H,1,9H2,2-7H3,(H3,23,25,26)/b18-16+/t14-,32?/m1/s1. The van der Waals surface area contributed by atoms with Crippen LogP contribution in [0, 0.1) is 6.92 Å². The van der Waals surface area contributed by atoms with Crippen molar-refractivity contribution in [2.45, 2.75) is 51.2 Å². The Balaban J connectivity index is 3.17. The summed E-state index contributed by atoms with van der Waals surface area (Å²) in [5.74, 6) is 0.465. The number of allylic oxidation sites excluding steroid dienone is 2. The average molecular weight is 530 g/mol. The van der Waals surface area contributed by atoms with E-state index in [-0.39, 0.29) is 18.6 Å². The highest BCUT2D eigenvalue weighted by Crippen LogP contribution is 2.22. The van der Waals surface area contributed by atoms with Gasteiger partial charge in [0.15, 0.2) is 5.96 Å². The fourth-order valence-corrected chi connectivity index (χ4v) is 4.04. The van der Waals surface area contributed by atoms with Gasteiger partial charge in [-0.25, -0.2) is 9.00 Å². The lowest BCUT2D eigenvalue weighted by molar-refractivity contribution is 0.0478. The maximum Gasteiger partial charge on any atom is 0.442 e. The lowest BCUT2D eigenvalue weighted by Gasteiger charge is -2.28. The van der Waals surface area contributed by atoms with Crippen LogP contribution >= 0.6 is 15.9 Å². The van der Waals surface area contributed by atoms with Crippen molar-refractivity contribution in [3.63, 3.8) is 0 Å². The van der Waals surface area contributed by atoms with Crippen LogP contribution in [0.5, 0.6) is 0 Å². The van der Waals surface area contributed by atoms with Gasteiger partial charge in [0.2, 0.25) is 0 Å². The third-order valence-corrected chi connectivity index (χ3v) is 6.89. The number of carbonyl (C=O) groups is 1. The van der Waals surface area contributed by atoms with Crippen molar-refractivity contribution in [3.8, 4) is 0 Å². The van der Waals surface area contributed by atoms with Crippen molar-refractivity contribution >= 4 is 43.4 Å². The third-order valence-electron chi connectivity index (χ3n) is 4.42. The molecule has 5 N–H and O–H groups in total. The van der Waals surface area contributed by atoms with Crippen molar-refractivity contribution in [3.05, 3.63) is 46.7 Å². The summed E-state index contributed by atoms with van der Waals surface area (Å²) in [7, 11) is -2.97. The van der Waals surface area contributed by atoms with Crippen LogP contribution in [-0.4, -0.2) is 45.9 Å². The number of hydrogen-bond donors (Lipinski definition) is 4. The molecule has 1 aromatic carbocycles. The maximum atomic E-state index is 12.9. The second-order valence-corrected chi connectivity index (χ2v) is 10.7. The highest BCUT2D eigenvalue weighted by Gasteiger charge is 2.23. The molecule has 32 heavy (non-hydrogen) atoms. The molecular formula is C21H32BrN5O4S. The minimum absolute atomic E-state index is 0.0786. The molecule has 0 aromatic heterocycles. The number of guanidine groups is 1. The second kappa shape index (κ2) is 11.5. The normalized spacial score (nSPS) is 15.7. The van der Waals surface area contributed by atoms with E-state index < -0.39 is 21.4 Å². The molecule has 0 saturated carbocycles. The number of halogens is 1. The Morgan fingerprint density at radius 3 is 2.59 bits per heavy atom. The number of nitrogens with one attached hydrogen (secondary N) is 2. The Labute approximate surface area is 198 Å². The van der Waals surface area contributed by atoms with E-state index >= 15 is 0 Å². The molecule has 0 bridgehead atoms. The summed E-state index contributed by atoms with van der Waals surface area (Å²) in [6.45, 7) is 12.4. The monoisotopic (exact) mass is 529 g/mol. The van der Waals surface area contributed by atoms with Gasteiger partial charge in [-0.1, -0.05) is 12.7 Å². The number of aliphatic imine (C=N–C) groups is 1. The number of rotatable bonds is 8. The van der Waals surface area contributed by atoms with Gasteiger partial charge in [0.25, 0.3) is 0 Å². The first-order valence-corrected chi connectivity index (χ1v) is 12.5. The zero-order valence-electron chi connectivity index (χ0n) is 19.2. The molecule has 0 fully saturated rings. The number of aliphatic hydroxyl groups is 1. The van der Waals surface area contributed by atoms with Gasteiger partial charge in [0.1, 0.15) is 5.82 Å². The van der Waals surface area contributed by atoms with Crippen molar-refractivity contribution in [1.29, 1.82) is 0 Å². The van der Waals surface area contributed by atoms with Gasteiger partial charge in [-0.05, 0) is 74.3 Å². The predicted octanol–water partition coefficient (Wildman–Crippen LogP) is 3.83.